The van der Waals surface area contributed by atoms with Gasteiger partial charge in [0, 0.05) is 57.8 Å². The normalized spacial score (nSPS) is 19.6. The SMILES string of the molecule is CC(=O)N1CCN(CC#CCOC2CCN(c3nccs3)CC2)CC1. The predicted molar refractivity (Wildman–Crippen MR) is 99.8 cm³/mol. The maximum atomic E-state index is 11.3. The summed E-state index contributed by atoms with van der Waals surface area (Å²) in [4.78, 5) is 22.2. The maximum Gasteiger partial charge on any atom is 0.219 e. The molecule has 0 atom stereocenters. The van der Waals surface area contributed by atoms with Gasteiger partial charge < -0.3 is 14.5 Å². The molecular formula is C18H26N4O2S. The molecule has 0 aromatic carbocycles. The molecule has 0 aliphatic carbocycles. The molecule has 2 fully saturated rings. The highest BCUT2D eigenvalue weighted by Crippen LogP contribution is 2.22. The van der Waals surface area contributed by atoms with Crippen molar-refractivity contribution in [3.05, 3.63) is 11.6 Å². The van der Waals surface area contributed by atoms with E-state index in [0.29, 0.717) is 12.7 Å². The van der Waals surface area contributed by atoms with Crippen molar-refractivity contribution in [2.45, 2.75) is 25.9 Å². The quantitative estimate of drug-likeness (QED) is 0.756. The van der Waals surface area contributed by atoms with E-state index < -0.39 is 0 Å². The summed E-state index contributed by atoms with van der Waals surface area (Å²) in [6.07, 6.45) is 4.24. The fourth-order valence-electron chi connectivity index (χ4n) is 3.18. The Morgan fingerprint density at radius 1 is 1.24 bits per heavy atom. The van der Waals surface area contributed by atoms with Crippen molar-refractivity contribution in [3.8, 4) is 11.8 Å². The summed E-state index contributed by atoms with van der Waals surface area (Å²) in [5.41, 5.74) is 0. The number of piperazine rings is 1. The van der Waals surface area contributed by atoms with Crippen molar-refractivity contribution in [1.82, 2.24) is 14.8 Å². The number of carbonyl (C=O) groups excluding carboxylic acids is 1. The van der Waals surface area contributed by atoms with Gasteiger partial charge in [0.15, 0.2) is 5.13 Å². The lowest BCUT2D eigenvalue weighted by Crippen LogP contribution is -2.47. The molecule has 3 rings (SSSR count). The van der Waals surface area contributed by atoms with Crippen LogP contribution in [0.1, 0.15) is 19.8 Å². The van der Waals surface area contributed by atoms with E-state index in [4.69, 9.17) is 4.74 Å². The Morgan fingerprint density at radius 3 is 2.64 bits per heavy atom. The lowest BCUT2D eigenvalue weighted by molar-refractivity contribution is -0.130. The van der Waals surface area contributed by atoms with E-state index in [9.17, 15) is 4.79 Å². The van der Waals surface area contributed by atoms with Crippen LogP contribution in [0.4, 0.5) is 5.13 Å². The number of nitrogens with zero attached hydrogens (tertiary/aromatic N) is 4. The van der Waals surface area contributed by atoms with Gasteiger partial charge in [-0.3, -0.25) is 9.69 Å². The Labute approximate surface area is 153 Å². The van der Waals surface area contributed by atoms with Gasteiger partial charge in [-0.05, 0) is 12.8 Å². The number of rotatable bonds is 4. The average molecular weight is 362 g/mol. The maximum absolute atomic E-state index is 11.3. The van der Waals surface area contributed by atoms with E-state index in [1.807, 2.05) is 16.5 Å². The van der Waals surface area contributed by atoms with Crippen LogP contribution in [0.3, 0.4) is 0 Å². The van der Waals surface area contributed by atoms with E-state index >= 15 is 0 Å². The highest BCUT2D eigenvalue weighted by atomic mass is 32.1. The molecule has 1 aromatic rings. The number of ether oxygens (including phenoxy) is 1. The van der Waals surface area contributed by atoms with Crippen molar-refractivity contribution in [2.24, 2.45) is 0 Å². The van der Waals surface area contributed by atoms with Gasteiger partial charge >= 0.3 is 0 Å². The van der Waals surface area contributed by atoms with Crippen LogP contribution in [0.15, 0.2) is 11.6 Å². The van der Waals surface area contributed by atoms with E-state index in [2.05, 4.69) is 26.6 Å². The van der Waals surface area contributed by atoms with E-state index in [1.54, 1.807) is 18.3 Å². The first-order valence-corrected chi connectivity index (χ1v) is 9.80. The molecule has 0 spiro atoms. The van der Waals surface area contributed by atoms with E-state index in [0.717, 1.165) is 63.8 Å². The third-order valence-electron chi connectivity index (χ3n) is 4.77. The van der Waals surface area contributed by atoms with Crippen molar-refractivity contribution in [3.63, 3.8) is 0 Å². The molecule has 7 heteroatoms. The number of carbonyl (C=O) groups is 1. The minimum Gasteiger partial charge on any atom is -0.365 e. The molecule has 2 aliphatic rings. The van der Waals surface area contributed by atoms with Crippen LogP contribution in [0.5, 0.6) is 0 Å². The smallest absolute Gasteiger partial charge is 0.219 e. The van der Waals surface area contributed by atoms with Crippen molar-refractivity contribution in [2.75, 3.05) is 57.3 Å². The fourth-order valence-corrected chi connectivity index (χ4v) is 3.88. The van der Waals surface area contributed by atoms with Crippen LogP contribution in [0.25, 0.3) is 0 Å². The molecule has 3 heterocycles. The van der Waals surface area contributed by atoms with Crippen LogP contribution >= 0.6 is 11.3 Å². The average Bonchev–Trinajstić information content (AvgIpc) is 3.17. The third-order valence-corrected chi connectivity index (χ3v) is 5.60. The molecule has 1 aromatic heterocycles. The first kappa shape index (κ1) is 18.2. The number of aromatic nitrogens is 1. The lowest BCUT2D eigenvalue weighted by Gasteiger charge is -2.33. The van der Waals surface area contributed by atoms with Gasteiger partial charge in [-0.2, -0.15) is 0 Å². The summed E-state index contributed by atoms with van der Waals surface area (Å²) < 4.78 is 5.90. The minimum atomic E-state index is 0.167. The molecule has 0 saturated carbocycles. The Bertz CT molecular complexity index is 594. The highest BCUT2D eigenvalue weighted by Gasteiger charge is 2.21. The summed E-state index contributed by atoms with van der Waals surface area (Å²) >= 11 is 1.70. The van der Waals surface area contributed by atoms with Gasteiger partial charge in [-0.25, -0.2) is 4.98 Å². The zero-order chi connectivity index (χ0) is 17.5. The van der Waals surface area contributed by atoms with Gasteiger partial charge in [0.1, 0.15) is 6.61 Å². The van der Waals surface area contributed by atoms with Crippen molar-refractivity contribution < 1.29 is 9.53 Å². The second kappa shape index (κ2) is 9.18. The number of thiazole rings is 1. The van der Waals surface area contributed by atoms with Gasteiger partial charge in [-0.1, -0.05) is 11.8 Å². The molecule has 2 aliphatic heterocycles. The topological polar surface area (TPSA) is 48.9 Å². The molecule has 0 radical (unpaired) electrons. The molecule has 2 saturated heterocycles. The van der Waals surface area contributed by atoms with Crippen LogP contribution in [0.2, 0.25) is 0 Å². The highest BCUT2D eigenvalue weighted by molar-refractivity contribution is 7.13. The van der Waals surface area contributed by atoms with Crippen LogP contribution in [-0.4, -0.2) is 79.2 Å². The largest absolute Gasteiger partial charge is 0.365 e. The van der Waals surface area contributed by atoms with Gasteiger partial charge in [-0.15, -0.1) is 11.3 Å². The third kappa shape index (κ3) is 5.43. The number of anilines is 1. The zero-order valence-corrected chi connectivity index (χ0v) is 15.6. The Kier molecular flexibility index (Phi) is 6.68. The summed E-state index contributed by atoms with van der Waals surface area (Å²) in [7, 11) is 0. The molecular weight excluding hydrogens is 336 g/mol. The number of hydrogen-bond donors (Lipinski definition) is 0. The standard InChI is InChI=1S/C18H26N4O2S/c1-16(23)21-12-10-20(11-13-21)7-2-3-14-24-17-4-8-22(9-5-17)18-19-6-15-25-18/h6,15,17H,4-5,7-14H2,1H3. The molecule has 136 valence electrons. The molecule has 0 unspecified atom stereocenters. The molecule has 0 N–H and O–H groups in total. The number of hydrogen-bond acceptors (Lipinski definition) is 6. The van der Waals surface area contributed by atoms with E-state index in [-0.39, 0.29) is 5.91 Å². The zero-order valence-electron chi connectivity index (χ0n) is 14.8. The molecule has 1 amide bonds. The van der Waals surface area contributed by atoms with Crippen molar-refractivity contribution in [1.29, 1.82) is 0 Å². The van der Waals surface area contributed by atoms with Gasteiger partial charge in [0.25, 0.3) is 0 Å². The Hall–Kier alpha value is -1.62. The Balaban J connectivity index is 1.28. The monoisotopic (exact) mass is 362 g/mol. The summed E-state index contributed by atoms with van der Waals surface area (Å²) in [5.74, 6) is 6.50. The number of amides is 1. The summed E-state index contributed by atoms with van der Waals surface area (Å²) in [6, 6.07) is 0. The molecule has 0 bridgehead atoms. The second-order valence-electron chi connectivity index (χ2n) is 6.45. The van der Waals surface area contributed by atoms with Crippen LogP contribution in [0, 0.1) is 11.8 Å². The van der Waals surface area contributed by atoms with E-state index in [1.165, 1.54) is 0 Å². The molecule has 25 heavy (non-hydrogen) atoms. The first-order valence-electron chi connectivity index (χ1n) is 8.92. The first-order chi connectivity index (χ1) is 12.2. The predicted octanol–water partition coefficient (Wildman–Crippen LogP) is 1.30. The second-order valence-corrected chi connectivity index (χ2v) is 7.32. The summed E-state index contributed by atoms with van der Waals surface area (Å²) in [6.45, 7) is 8.35. The molecule has 6 nitrogen and oxygen atoms in total. The summed E-state index contributed by atoms with van der Waals surface area (Å²) in [5, 5.41) is 3.14. The minimum absolute atomic E-state index is 0.167. The Morgan fingerprint density at radius 2 is 2.00 bits per heavy atom. The van der Waals surface area contributed by atoms with Crippen LogP contribution < -0.4 is 4.90 Å². The number of piperidine rings is 1. The van der Waals surface area contributed by atoms with Gasteiger partial charge in [0.2, 0.25) is 5.91 Å². The van der Waals surface area contributed by atoms with Gasteiger partial charge in [0.05, 0.1) is 12.6 Å². The van der Waals surface area contributed by atoms with Crippen molar-refractivity contribution >= 4 is 22.4 Å². The fraction of sp³-hybridized carbons (Fsp3) is 0.667. The lowest BCUT2D eigenvalue weighted by atomic mass is 10.1. The van der Waals surface area contributed by atoms with Crippen LogP contribution in [-0.2, 0) is 9.53 Å².